The highest BCUT2D eigenvalue weighted by Crippen LogP contribution is 2.75. The number of aliphatic hydroxyl groups excluding tert-OH is 1. The van der Waals surface area contributed by atoms with Crippen LogP contribution in [0.3, 0.4) is 0 Å². The summed E-state index contributed by atoms with van der Waals surface area (Å²) in [5.74, 6) is 2.78. The second-order valence-electron chi connectivity index (χ2n) is 15.3. The van der Waals surface area contributed by atoms with Gasteiger partial charge in [-0.15, -0.1) is 0 Å². The quantitative estimate of drug-likeness (QED) is 0.317. The number of fused-ring (bicyclic) bond motifs is 7. The molecule has 5 aliphatic carbocycles. The van der Waals surface area contributed by atoms with E-state index in [1.165, 1.54) is 12.8 Å². The average molecular weight is 499 g/mol. The summed E-state index contributed by atoms with van der Waals surface area (Å²) >= 11 is 0. The predicted molar refractivity (Wildman–Crippen MR) is 146 cm³/mol. The number of aliphatic hydroxyl groups is 1. The van der Waals surface area contributed by atoms with Crippen molar-refractivity contribution in [2.45, 2.75) is 126 Å². The van der Waals surface area contributed by atoms with Crippen LogP contribution in [0.5, 0.6) is 0 Å². The zero-order valence-corrected chi connectivity index (χ0v) is 24.6. The van der Waals surface area contributed by atoms with Crippen LogP contribution in [0.4, 0.5) is 0 Å². The van der Waals surface area contributed by atoms with Crippen LogP contribution in [-0.4, -0.2) is 23.8 Å². The van der Waals surface area contributed by atoms with Crippen LogP contribution in [0.25, 0.3) is 0 Å². The van der Waals surface area contributed by atoms with E-state index in [9.17, 15) is 9.90 Å². The number of ether oxygens (including phenoxy) is 1. The van der Waals surface area contributed by atoms with Gasteiger partial charge in [-0.25, -0.2) is 0 Å². The molecule has 0 heterocycles. The van der Waals surface area contributed by atoms with Crippen molar-refractivity contribution in [3.05, 3.63) is 11.6 Å². The molecule has 1 N–H and O–H groups in total. The highest BCUT2D eigenvalue weighted by molar-refractivity contribution is 5.79. The van der Waals surface area contributed by atoms with Gasteiger partial charge in [0.15, 0.2) is 0 Å². The monoisotopic (exact) mass is 498 g/mol. The summed E-state index contributed by atoms with van der Waals surface area (Å²) in [7, 11) is 0. The lowest BCUT2D eigenvalue weighted by molar-refractivity contribution is -0.207. The van der Waals surface area contributed by atoms with E-state index < -0.39 is 0 Å². The van der Waals surface area contributed by atoms with Crippen LogP contribution in [-0.2, 0) is 9.53 Å². The topological polar surface area (TPSA) is 46.5 Å². The summed E-state index contributed by atoms with van der Waals surface area (Å²) in [6.07, 6.45) is 13.3. The summed E-state index contributed by atoms with van der Waals surface area (Å²) in [4.78, 5) is 13.8. The molecule has 10 atom stereocenters. The number of carbonyl (C=O) groups is 1. The molecule has 3 heteroatoms. The Morgan fingerprint density at radius 3 is 2.39 bits per heavy atom. The molecule has 0 aliphatic heterocycles. The Morgan fingerprint density at radius 1 is 0.972 bits per heavy atom. The zero-order chi connectivity index (χ0) is 26.3. The first kappa shape index (κ1) is 26.8. The molecule has 0 spiro atoms. The van der Waals surface area contributed by atoms with Gasteiger partial charge in [-0.3, -0.25) is 4.79 Å². The normalized spacial score (nSPS) is 51.6. The second kappa shape index (κ2) is 8.59. The molecule has 3 nitrogen and oxygen atoms in total. The van der Waals surface area contributed by atoms with Crippen molar-refractivity contribution in [2.24, 2.45) is 56.7 Å². The third kappa shape index (κ3) is 3.29. The lowest BCUT2D eigenvalue weighted by Gasteiger charge is -2.71. The second-order valence-corrected chi connectivity index (χ2v) is 15.3. The van der Waals surface area contributed by atoms with Crippen LogP contribution in [0.15, 0.2) is 11.6 Å². The van der Waals surface area contributed by atoms with Crippen molar-refractivity contribution < 1.29 is 14.6 Å². The SMILES string of the molecule is CCCOC(=O)[C@]12CC[C@@H](C)[C@H](C)[C@H]1C1=CC[C@@H]3[C@@]4(C)CC[C@H](O)C(C)(C)[C@@H]4CC[C@@]3(C)[C@]1(C)CC2. The van der Waals surface area contributed by atoms with Gasteiger partial charge < -0.3 is 9.84 Å². The Bertz CT molecular complexity index is 920. The number of hydrogen-bond donors (Lipinski definition) is 1. The first-order chi connectivity index (χ1) is 16.8. The van der Waals surface area contributed by atoms with Gasteiger partial charge in [-0.05, 0) is 115 Å². The van der Waals surface area contributed by atoms with Gasteiger partial charge in [0.1, 0.15) is 0 Å². The molecule has 204 valence electrons. The maximum Gasteiger partial charge on any atom is 0.312 e. The molecular formula is C33H54O3. The van der Waals surface area contributed by atoms with E-state index in [0.29, 0.717) is 36.2 Å². The molecule has 5 aliphatic rings. The van der Waals surface area contributed by atoms with E-state index in [0.717, 1.165) is 51.4 Å². The Hall–Kier alpha value is -0.830. The van der Waals surface area contributed by atoms with E-state index in [1.807, 2.05) is 0 Å². The molecule has 0 unspecified atom stereocenters. The molecule has 0 radical (unpaired) electrons. The van der Waals surface area contributed by atoms with Crippen LogP contribution in [0.2, 0.25) is 0 Å². The standard InChI is InChI=1S/C33H54O3/c1-9-20-36-28(35)33-17-12-21(2)22(3)27(33)23-10-11-25-30(6)15-14-26(34)29(4,5)24(30)13-16-32(25,8)31(23,7)18-19-33/h10,21-22,24-27,34H,9,11-20H2,1-8H3/t21-,22+,24+,25-,26+,27+,30+,31-,32-,33+/m1/s1. The third-order valence-electron chi connectivity index (χ3n) is 13.8. The molecule has 0 aromatic carbocycles. The van der Waals surface area contributed by atoms with Crippen LogP contribution < -0.4 is 0 Å². The van der Waals surface area contributed by atoms with Crippen molar-refractivity contribution in [3.8, 4) is 0 Å². The molecule has 5 rings (SSSR count). The van der Waals surface area contributed by atoms with Crippen LogP contribution >= 0.6 is 0 Å². The Kier molecular flexibility index (Phi) is 6.38. The van der Waals surface area contributed by atoms with Crippen molar-refractivity contribution in [3.63, 3.8) is 0 Å². The van der Waals surface area contributed by atoms with E-state index >= 15 is 0 Å². The lowest BCUT2D eigenvalue weighted by atomic mass is 9.33. The van der Waals surface area contributed by atoms with Gasteiger partial charge in [0.05, 0.1) is 18.1 Å². The minimum absolute atomic E-state index is 0.0166. The summed E-state index contributed by atoms with van der Waals surface area (Å²) in [5.41, 5.74) is 1.92. The van der Waals surface area contributed by atoms with Gasteiger partial charge >= 0.3 is 5.97 Å². The minimum atomic E-state index is -0.326. The summed E-state index contributed by atoms with van der Waals surface area (Å²) in [5, 5.41) is 11.0. The molecule has 0 aromatic rings. The average Bonchev–Trinajstić information content (AvgIpc) is 2.83. The van der Waals surface area contributed by atoms with Crippen LogP contribution in [0.1, 0.15) is 120 Å². The van der Waals surface area contributed by atoms with Gasteiger partial charge in [0, 0.05) is 0 Å². The molecule has 0 saturated heterocycles. The first-order valence-electron chi connectivity index (χ1n) is 15.4. The largest absolute Gasteiger partial charge is 0.465 e. The highest BCUT2D eigenvalue weighted by atomic mass is 16.5. The van der Waals surface area contributed by atoms with Crippen molar-refractivity contribution in [1.29, 1.82) is 0 Å². The Morgan fingerprint density at radius 2 is 1.69 bits per heavy atom. The summed E-state index contributed by atoms with van der Waals surface area (Å²) in [6.45, 7) is 19.9. The molecule has 0 amide bonds. The molecule has 4 fully saturated rings. The summed E-state index contributed by atoms with van der Waals surface area (Å²) in [6, 6.07) is 0. The minimum Gasteiger partial charge on any atom is -0.465 e. The summed E-state index contributed by atoms with van der Waals surface area (Å²) < 4.78 is 5.95. The van der Waals surface area contributed by atoms with Crippen molar-refractivity contribution in [2.75, 3.05) is 6.61 Å². The fraction of sp³-hybridized carbons (Fsp3) is 0.909. The molecule has 0 aromatic heterocycles. The number of esters is 1. The Balaban J connectivity index is 1.58. The maximum atomic E-state index is 13.8. The van der Waals surface area contributed by atoms with E-state index in [4.69, 9.17) is 4.74 Å². The molecule has 4 saturated carbocycles. The van der Waals surface area contributed by atoms with Gasteiger partial charge in [-0.1, -0.05) is 67.0 Å². The number of carbonyl (C=O) groups excluding carboxylic acids is 1. The highest BCUT2D eigenvalue weighted by Gasteiger charge is 2.69. The Labute approximate surface area is 221 Å². The fourth-order valence-corrected chi connectivity index (χ4v) is 11.2. The number of allylic oxidation sites excluding steroid dienone is 2. The molecular weight excluding hydrogens is 444 g/mol. The van der Waals surface area contributed by atoms with Gasteiger partial charge in [0.2, 0.25) is 0 Å². The van der Waals surface area contributed by atoms with Gasteiger partial charge in [0.25, 0.3) is 0 Å². The van der Waals surface area contributed by atoms with E-state index in [-0.39, 0.29) is 39.1 Å². The number of rotatable bonds is 3. The van der Waals surface area contributed by atoms with E-state index in [2.05, 4.69) is 61.5 Å². The molecule has 0 bridgehead atoms. The third-order valence-corrected chi connectivity index (χ3v) is 13.8. The fourth-order valence-electron chi connectivity index (χ4n) is 11.2. The van der Waals surface area contributed by atoms with Crippen molar-refractivity contribution in [1.82, 2.24) is 0 Å². The van der Waals surface area contributed by atoms with Crippen molar-refractivity contribution >= 4 is 5.97 Å². The van der Waals surface area contributed by atoms with Crippen LogP contribution in [0, 0.1) is 56.7 Å². The van der Waals surface area contributed by atoms with Gasteiger partial charge in [-0.2, -0.15) is 0 Å². The zero-order valence-electron chi connectivity index (χ0n) is 24.6. The smallest absolute Gasteiger partial charge is 0.312 e. The predicted octanol–water partition coefficient (Wildman–Crippen LogP) is 7.96. The first-order valence-corrected chi connectivity index (χ1v) is 15.4. The molecule has 36 heavy (non-hydrogen) atoms. The maximum absolute atomic E-state index is 13.8. The van der Waals surface area contributed by atoms with E-state index in [1.54, 1.807) is 5.57 Å². The number of hydrogen-bond acceptors (Lipinski definition) is 3. The lowest BCUT2D eigenvalue weighted by Crippen LogP contribution is -2.65.